The summed E-state index contributed by atoms with van der Waals surface area (Å²) < 4.78 is 39.4. The molecule has 2 N–H and O–H groups in total. The second-order valence-corrected chi connectivity index (χ2v) is 9.67. The van der Waals surface area contributed by atoms with Crippen molar-refractivity contribution in [1.29, 1.82) is 0 Å². The fourth-order valence-electron chi connectivity index (χ4n) is 3.52. The van der Waals surface area contributed by atoms with Gasteiger partial charge in [-0.05, 0) is 62.2 Å². The number of urea groups is 1. The monoisotopic (exact) mass is 449 g/mol. The van der Waals surface area contributed by atoms with Gasteiger partial charge in [-0.3, -0.25) is 4.98 Å². The molecule has 1 fully saturated rings. The van der Waals surface area contributed by atoms with E-state index >= 15 is 0 Å². The number of carbonyl (C=O) groups is 1. The molecule has 2 heterocycles. The number of amides is 2. The molecule has 31 heavy (non-hydrogen) atoms. The van der Waals surface area contributed by atoms with Gasteiger partial charge >= 0.3 is 6.03 Å². The highest BCUT2D eigenvalue weighted by Crippen LogP contribution is 2.17. The first-order valence-corrected chi connectivity index (χ1v) is 11.9. The topological polar surface area (TPSA) is 94.6 Å². The number of aryl methyl sites for hydroxylation is 1. The van der Waals surface area contributed by atoms with Crippen LogP contribution in [0.3, 0.4) is 0 Å². The van der Waals surface area contributed by atoms with Gasteiger partial charge in [0, 0.05) is 38.1 Å². The van der Waals surface area contributed by atoms with E-state index in [4.69, 9.17) is 0 Å². The summed E-state index contributed by atoms with van der Waals surface area (Å²) >= 11 is 0. The summed E-state index contributed by atoms with van der Waals surface area (Å²) in [4.78, 5) is 18.3. The molecule has 0 bridgehead atoms. The molecular weight excluding hydrogens is 421 g/mol. The SMILES string of the molecule is CCS(=O)(=O)N1CCN(CCCc2cc(F)cc(NC(=O)Nc3cccnc3)c2)CC1. The standard InChI is InChI=1S/C21H28FN5O3S/c1-2-31(29,30)27-11-9-26(10-12-27)8-4-5-17-13-18(22)15-20(14-17)25-21(28)24-19-6-3-7-23-16-19/h3,6-7,13-16H,2,4-5,8-12H2,1H3,(H2,24,25,28). The summed E-state index contributed by atoms with van der Waals surface area (Å²) in [6.45, 7) is 4.88. The van der Waals surface area contributed by atoms with E-state index in [0.717, 1.165) is 18.5 Å². The Labute approximate surface area is 182 Å². The Morgan fingerprint density at radius 1 is 1.13 bits per heavy atom. The van der Waals surface area contributed by atoms with Gasteiger partial charge in [-0.15, -0.1) is 0 Å². The van der Waals surface area contributed by atoms with Gasteiger partial charge in [0.2, 0.25) is 10.0 Å². The molecule has 168 valence electrons. The fraction of sp³-hybridized carbons (Fsp3) is 0.429. The van der Waals surface area contributed by atoms with Crippen LogP contribution in [0.5, 0.6) is 0 Å². The predicted molar refractivity (Wildman–Crippen MR) is 119 cm³/mol. The van der Waals surface area contributed by atoms with Crippen LogP contribution in [0.2, 0.25) is 0 Å². The van der Waals surface area contributed by atoms with E-state index in [0.29, 0.717) is 44.0 Å². The van der Waals surface area contributed by atoms with Crippen LogP contribution >= 0.6 is 0 Å². The number of aromatic nitrogens is 1. The number of rotatable bonds is 8. The highest BCUT2D eigenvalue weighted by Gasteiger charge is 2.24. The van der Waals surface area contributed by atoms with Crippen molar-refractivity contribution in [2.24, 2.45) is 0 Å². The first-order chi connectivity index (χ1) is 14.9. The van der Waals surface area contributed by atoms with Crippen LogP contribution in [-0.2, 0) is 16.4 Å². The highest BCUT2D eigenvalue weighted by atomic mass is 32.2. The van der Waals surface area contributed by atoms with Crippen molar-refractivity contribution >= 4 is 27.4 Å². The molecular formula is C21H28FN5O3S. The zero-order chi connectivity index (χ0) is 22.3. The summed E-state index contributed by atoms with van der Waals surface area (Å²) in [5, 5.41) is 5.29. The van der Waals surface area contributed by atoms with Crippen molar-refractivity contribution in [1.82, 2.24) is 14.2 Å². The summed E-state index contributed by atoms with van der Waals surface area (Å²) in [5.74, 6) is -0.281. The molecule has 0 saturated carbocycles. The number of piperazine rings is 1. The van der Waals surface area contributed by atoms with Gasteiger partial charge in [0.15, 0.2) is 0 Å². The second-order valence-electron chi connectivity index (χ2n) is 7.41. The van der Waals surface area contributed by atoms with Crippen LogP contribution in [0.15, 0.2) is 42.7 Å². The molecule has 1 saturated heterocycles. The number of benzene rings is 1. The van der Waals surface area contributed by atoms with E-state index in [-0.39, 0.29) is 5.75 Å². The Kier molecular flexibility index (Phi) is 7.94. The lowest BCUT2D eigenvalue weighted by molar-refractivity contribution is 0.187. The summed E-state index contributed by atoms with van der Waals surface area (Å²) in [6.07, 6.45) is 4.60. The van der Waals surface area contributed by atoms with Crippen molar-refractivity contribution in [2.75, 3.05) is 49.1 Å². The second kappa shape index (κ2) is 10.7. The number of pyridine rings is 1. The Hall–Kier alpha value is -2.56. The van der Waals surface area contributed by atoms with E-state index in [1.165, 1.54) is 18.3 Å². The zero-order valence-corrected chi connectivity index (χ0v) is 18.4. The van der Waals surface area contributed by atoms with Crippen molar-refractivity contribution in [3.05, 3.63) is 54.1 Å². The maximum Gasteiger partial charge on any atom is 0.323 e. The van der Waals surface area contributed by atoms with E-state index in [9.17, 15) is 17.6 Å². The van der Waals surface area contributed by atoms with Gasteiger partial charge < -0.3 is 15.5 Å². The lowest BCUT2D eigenvalue weighted by atomic mass is 10.1. The Balaban J connectivity index is 1.47. The van der Waals surface area contributed by atoms with Crippen LogP contribution in [0, 0.1) is 5.82 Å². The largest absolute Gasteiger partial charge is 0.323 e. The minimum absolute atomic E-state index is 0.128. The molecule has 0 spiro atoms. The molecule has 8 nitrogen and oxygen atoms in total. The molecule has 3 rings (SSSR count). The van der Waals surface area contributed by atoms with Crippen LogP contribution < -0.4 is 10.6 Å². The third-order valence-corrected chi connectivity index (χ3v) is 7.05. The van der Waals surface area contributed by atoms with Crippen LogP contribution in [0.4, 0.5) is 20.6 Å². The van der Waals surface area contributed by atoms with Gasteiger partial charge in [0.05, 0.1) is 17.6 Å². The minimum Gasteiger partial charge on any atom is -0.308 e. The average Bonchev–Trinajstić information content (AvgIpc) is 2.74. The summed E-state index contributed by atoms with van der Waals surface area (Å²) in [7, 11) is -3.13. The smallest absolute Gasteiger partial charge is 0.308 e. The lowest BCUT2D eigenvalue weighted by Gasteiger charge is -2.33. The fourth-order valence-corrected chi connectivity index (χ4v) is 4.60. The molecule has 1 aliphatic heterocycles. The third kappa shape index (κ3) is 6.98. The van der Waals surface area contributed by atoms with Crippen molar-refractivity contribution in [3.63, 3.8) is 0 Å². The first-order valence-electron chi connectivity index (χ1n) is 10.3. The number of carbonyl (C=O) groups excluding carboxylic acids is 1. The van der Waals surface area contributed by atoms with Gasteiger partial charge in [0.25, 0.3) is 0 Å². The molecule has 2 aromatic rings. The van der Waals surface area contributed by atoms with Crippen LogP contribution in [-0.4, -0.2) is 67.1 Å². The Morgan fingerprint density at radius 2 is 1.87 bits per heavy atom. The van der Waals surface area contributed by atoms with E-state index in [1.54, 1.807) is 35.6 Å². The van der Waals surface area contributed by atoms with Gasteiger partial charge in [0.1, 0.15) is 5.82 Å². The van der Waals surface area contributed by atoms with E-state index in [2.05, 4.69) is 20.5 Å². The molecule has 0 aliphatic carbocycles. The molecule has 10 heteroatoms. The number of hydrogen-bond acceptors (Lipinski definition) is 5. The minimum atomic E-state index is -3.13. The maximum absolute atomic E-state index is 14.0. The maximum atomic E-state index is 14.0. The Bertz CT molecular complexity index is 980. The molecule has 0 radical (unpaired) electrons. The molecule has 1 aliphatic rings. The van der Waals surface area contributed by atoms with E-state index in [1.807, 2.05) is 0 Å². The Morgan fingerprint density at radius 3 is 2.55 bits per heavy atom. The summed E-state index contributed by atoms with van der Waals surface area (Å²) in [5.41, 5.74) is 1.72. The molecule has 1 aromatic heterocycles. The molecule has 0 atom stereocenters. The molecule has 1 aromatic carbocycles. The van der Waals surface area contributed by atoms with Gasteiger partial charge in [-0.2, -0.15) is 4.31 Å². The normalized spacial score (nSPS) is 15.5. The van der Waals surface area contributed by atoms with Crippen molar-refractivity contribution < 1.29 is 17.6 Å². The van der Waals surface area contributed by atoms with Gasteiger partial charge in [-0.25, -0.2) is 17.6 Å². The highest BCUT2D eigenvalue weighted by molar-refractivity contribution is 7.89. The number of sulfonamides is 1. The van der Waals surface area contributed by atoms with Crippen LogP contribution in [0.1, 0.15) is 18.9 Å². The molecule has 0 unspecified atom stereocenters. The quantitative estimate of drug-likeness (QED) is 0.646. The first kappa shape index (κ1) is 23.1. The van der Waals surface area contributed by atoms with Gasteiger partial charge in [-0.1, -0.05) is 0 Å². The molecule has 2 amide bonds. The van der Waals surface area contributed by atoms with Crippen LogP contribution in [0.25, 0.3) is 0 Å². The van der Waals surface area contributed by atoms with Crippen molar-refractivity contribution in [2.45, 2.75) is 19.8 Å². The zero-order valence-electron chi connectivity index (χ0n) is 17.6. The third-order valence-electron chi connectivity index (χ3n) is 5.16. The lowest BCUT2D eigenvalue weighted by Crippen LogP contribution is -2.49. The summed E-state index contributed by atoms with van der Waals surface area (Å²) in [6, 6.07) is 7.46. The number of halogens is 1. The van der Waals surface area contributed by atoms with E-state index < -0.39 is 21.9 Å². The number of hydrogen-bond donors (Lipinski definition) is 2. The number of anilines is 2. The number of nitrogens with zero attached hydrogens (tertiary/aromatic N) is 3. The average molecular weight is 450 g/mol. The van der Waals surface area contributed by atoms with Crippen molar-refractivity contribution in [3.8, 4) is 0 Å². The predicted octanol–water partition coefficient (Wildman–Crippen LogP) is 2.76. The number of nitrogens with one attached hydrogen (secondary N) is 2.